The van der Waals surface area contributed by atoms with E-state index < -0.39 is 45.6 Å². The number of halogens is 3. The summed E-state index contributed by atoms with van der Waals surface area (Å²) in [4.78, 5) is 25.9. The fraction of sp³-hybridized carbons (Fsp3) is 0.235. The lowest BCUT2D eigenvalue weighted by Crippen LogP contribution is -2.48. The maximum atomic E-state index is 14.1. The molecule has 1 amide bonds. The van der Waals surface area contributed by atoms with Crippen LogP contribution in [0.3, 0.4) is 0 Å². The summed E-state index contributed by atoms with van der Waals surface area (Å²) < 4.78 is 74.0. The van der Waals surface area contributed by atoms with E-state index in [1.165, 1.54) is 36.4 Å². The van der Waals surface area contributed by atoms with Crippen molar-refractivity contribution < 1.29 is 35.9 Å². The molecule has 11 heteroatoms. The second-order valence-corrected chi connectivity index (χ2v) is 12.4. The van der Waals surface area contributed by atoms with E-state index >= 15 is 0 Å². The number of fused-ring (bicyclic) bond motifs is 1. The Bertz CT molecular complexity index is 1780. The second kappa shape index (κ2) is 13.2. The number of sulfonamides is 1. The molecular weight excluding hydrogens is 605 g/mol. The Kier molecular flexibility index (Phi) is 9.29. The molecule has 0 radical (unpaired) electrons. The minimum Gasteiger partial charge on any atom is -0.466 e. The lowest BCUT2D eigenvalue weighted by molar-refractivity contribution is -0.143. The van der Waals surface area contributed by atoms with E-state index in [-0.39, 0.29) is 36.5 Å². The topological polar surface area (TPSA) is 92.8 Å². The number of esters is 1. The van der Waals surface area contributed by atoms with Gasteiger partial charge in [-0.3, -0.25) is 13.9 Å². The summed E-state index contributed by atoms with van der Waals surface area (Å²) in [6.07, 6.45) is -4.35. The van der Waals surface area contributed by atoms with Gasteiger partial charge in [0, 0.05) is 18.9 Å². The summed E-state index contributed by atoms with van der Waals surface area (Å²) in [7, 11) is -4.28. The Morgan fingerprint density at radius 3 is 2.29 bits per heavy atom. The van der Waals surface area contributed by atoms with E-state index in [1.54, 1.807) is 31.2 Å². The molecule has 0 bridgehead atoms. The number of ether oxygens (including phenoxy) is 1. The summed E-state index contributed by atoms with van der Waals surface area (Å²) in [5.41, 5.74) is 1.75. The van der Waals surface area contributed by atoms with Gasteiger partial charge in [-0.1, -0.05) is 72.8 Å². The van der Waals surface area contributed by atoms with Crippen LogP contribution in [0.4, 0.5) is 18.9 Å². The average Bonchev–Trinajstić information content (AvgIpc) is 3.44. The van der Waals surface area contributed by atoms with E-state index in [9.17, 15) is 31.2 Å². The number of carbonyl (C=O) groups excluding carboxylic acids is 2. The van der Waals surface area contributed by atoms with Crippen LogP contribution in [0.15, 0.2) is 108 Å². The van der Waals surface area contributed by atoms with Crippen LogP contribution in [0.5, 0.6) is 0 Å². The molecule has 45 heavy (non-hydrogen) atoms. The largest absolute Gasteiger partial charge is 0.466 e. The molecule has 1 aliphatic rings. The standard InChI is InChI=1S/C34H31F3N2O5S/c1-2-44-32(40)21-27(23-9-4-3-5-10-23)22-38-33(41)31-20-26-11-6-7-14-30(26)39(31)45(42,43)29-17-15-24(16-18-29)25-12-8-13-28(19-25)34(35,36)37/h3-19,27,31H,2,20-22H2,1H3,(H,38,41)/t27?,31-/m0/s1. The van der Waals surface area contributed by atoms with Gasteiger partial charge in [-0.15, -0.1) is 0 Å². The number of anilines is 1. The zero-order valence-electron chi connectivity index (χ0n) is 24.3. The predicted molar refractivity (Wildman–Crippen MR) is 164 cm³/mol. The lowest BCUT2D eigenvalue weighted by atomic mass is 9.95. The van der Waals surface area contributed by atoms with Crippen LogP contribution in [0, 0.1) is 0 Å². The predicted octanol–water partition coefficient (Wildman–Crippen LogP) is 6.35. The number of rotatable bonds is 10. The fourth-order valence-corrected chi connectivity index (χ4v) is 7.11. The highest BCUT2D eigenvalue weighted by Crippen LogP contribution is 2.38. The highest BCUT2D eigenvalue weighted by Gasteiger charge is 2.42. The molecule has 0 aromatic heterocycles. The summed E-state index contributed by atoms with van der Waals surface area (Å²) in [6.45, 7) is 2.01. The number of nitrogens with one attached hydrogen (secondary N) is 1. The number of nitrogens with zero attached hydrogens (tertiary/aromatic N) is 1. The van der Waals surface area contributed by atoms with Crippen LogP contribution in [0.2, 0.25) is 0 Å². The minimum atomic E-state index is -4.52. The highest BCUT2D eigenvalue weighted by molar-refractivity contribution is 7.93. The third-order valence-corrected chi connectivity index (χ3v) is 9.51. The third-order valence-electron chi connectivity index (χ3n) is 7.67. The third kappa shape index (κ3) is 7.04. The highest BCUT2D eigenvalue weighted by atomic mass is 32.2. The molecule has 0 aliphatic carbocycles. The molecule has 1 heterocycles. The zero-order valence-corrected chi connectivity index (χ0v) is 25.1. The van der Waals surface area contributed by atoms with Gasteiger partial charge < -0.3 is 10.1 Å². The van der Waals surface area contributed by atoms with Gasteiger partial charge in [-0.2, -0.15) is 13.2 Å². The van der Waals surface area contributed by atoms with Crippen LogP contribution >= 0.6 is 0 Å². The van der Waals surface area contributed by atoms with Gasteiger partial charge in [-0.25, -0.2) is 8.42 Å². The van der Waals surface area contributed by atoms with Crippen LogP contribution in [-0.2, 0) is 36.9 Å². The molecule has 7 nitrogen and oxygen atoms in total. The van der Waals surface area contributed by atoms with Crippen molar-refractivity contribution in [2.75, 3.05) is 17.5 Å². The van der Waals surface area contributed by atoms with Gasteiger partial charge in [0.05, 0.1) is 29.2 Å². The number of hydrogen-bond donors (Lipinski definition) is 1. The summed E-state index contributed by atoms with van der Waals surface area (Å²) in [5, 5.41) is 2.86. The molecule has 4 aromatic carbocycles. The second-order valence-electron chi connectivity index (χ2n) is 10.6. The Morgan fingerprint density at radius 1 is 0.911 bits per heavy atom. The Balaban J connectivity index is 1.40. The van der Waals surface area contributed by atoms with Crippen molar-refractivity contribution in [2.45, 2.75) is 42.8 Å². The monoisotopic (exact) mass is 636 g/mol. The van der Waals surface area contributed by atoms with Crippen LogP contribution in [-0.4, -0.2) is 39.5 Å². The molecule has 0 saturated heterocycles. The molecule has 0 spiro atoms. The fourth-order valence-electron chi connectivity index (χ4n) is 5.46. The van der Waals surface area contributed by atoms with E-state index in [4.69, 9.17) is 4.74 Å². The molecule has 1 N–H and O–H groups in total. The van der Waals surface area contributed by atoms with Crippen molar-refractivity contribution in [1.29, 1.82) is 0 Å². The van der Waals surface area contributed by atoms with Gasteiger partial charge in [0.25, 0.3) is 10.0 Å². The van der Waals surface area contributed by atoms with Crippen LogP contribution < -0.4 is 9.62 Å². The maximum absolute atomic E-state index is 14.1. The smallest absolute Gasteiger partial charge is 0.416 e. The van der Waals surface area contributed by atoms with Gasteiger partial charge in [0.2, 0.25) is 5.91 Å². The number of carbonyl (C=O) groups is 2. The first-order valence-corrected chi connectivity index (χ1v) is 15.8. The maximum Gasteiger partial charge on any atom is 0.416 e. The lowest BCUT2D eigenvalue weighted by Gasteiger charge is -2.27. The SMILES string of the molecule is CCOC(=O)CC(CNC(=O)[C@@H]1Cc2ccccc2N1S(=O)(=O)c1ccc(-c2cccc(C(F)(F)F)c2)cc1)c1ccccc1. The number of alkyl halides is 3. The molecule has 0 fully saturated rings. The number of amides is 1. The molecule has 4 aromatic rings. The Hall–Kier alpha value is -4.64. The summed E-state index contributed by atoms with van der Waals surface area (Å²) >= 11 is 0. The summed E-state index contributed by atoms with van der Waals surface area (Å²) in [5.74, 6) is -1.33. The van der Waals surface area contributed by atoms with Crippen molar-refractivity contribution in [3.05, 3.63) is 120 Å². The Labute approximate surface area is 259 Å². The number of benzene rings is 4. The zero-order chi connectivity index (χ0) is 32.2. The van der Waals surface area contributed by atoms with Crippen molar-refractivity contribution in [3.8, 4) is 11.1 Å². The van der Waals surface area contributed by atoms with Crippen molar-refractivity contribution in [1.82, 2.24) is 5.32 Å². The first-order chi connectivity index (χ1) is 21.5. The number of para-hydroxylation sites is 1. The molecule has 234 valence electrons. The van der Waals surface area contributed by atoms with E-state index in [0.29, 0.717) is 16.8 Å². The van der Waals surface area contributed by atoms with E-state index in [0.717, 1.165) is 22.0 Å². The average molecular weight is 637 g/mol. The molecule has 1 unspecified atom stereocenters. The van der Waals surface area contributed by atoms with Crippen LogP contribution in [0.25, 0.3) is 11.1 Å². The first kappa shape index (κ1) is 31.8. The van der Waals surface area contributed by atoms with Crippen molar-refractivity contribution in [3.63, 3.8) is 0 Å². The quantitative estimate of drug-likeness (QED) is 0.205. The Morgan fingerprint density at radius 2 is 1.60 bits per heavy atom. The molecule has 0 saturated carbocycles. The molecule has 5 rings (SSSR count). The van der Waals surface area contributed by atoms with Crippen molar-refractivity contribution in [2.24, 2.45) is 0 Å². The van der Waals surface area contributed by atoms with Crippen molar-refractivity contribution >= 4 is 27.6 Å². The van der Waals surface area contributed by atoms with Gasteiger partial charge in [0.15, 0.2) is 0 Å². The molecule has 1 aliphatic heterocycles. The number of hydrogen-bond acceptors (Lipinski definition) is 5. The summed E-state index contributed by atoms with van der Waals surface area (Å²) in [6, 6.07) is 25.2. The normalized spacial score (nSPS) is 15.3. The van der Waals surface area contributed by atoms with E-state index in [2.05, 4.69) is 5.32 Å². The first-order valence-electron chi connectivity index (χ1n) is 14.4. The van der Waals surface area contributed by atoms with E-state index in [1.807, 2.05) is 30.3 Å². The van der Waals surface area contributed by atoms with Gasteiger partial charge in [0.1, 0.15) is 6.04 Å². The molecular formula is C34H31F3N2O5S. The van der Waals surface area contributed by atoms with Crippen LogP contribution in [0.1, 0.15) is 36.0 Å². The van der Waals surface area contributed by atoms with Gasteiger partial charge >= 0.3 is 12.1 Å². The minimum absolute atomic E-state index is 0.0310. The van der Waals surface area contributed by atoms with Gasteiger partial charge in [-0.05, 0) is 59.5 Å². The molecule has 2 atom stereocenters.